The number of benzene rings is 1. The summed E-state index contributed by atoms with van der Waals surface area (Å²) in [5.41, 5.74) is 0.614. The third-order valence-electron chi connectivity index (χ3n) is 5.86. The van der Waals surface area contributed by atoms with Crippen molar-refractivity contribution in [2.75, 3.05) is 33.2 Å². The lowest BCUT2D eigenvalue weighted by atomic mass is 9.74. The van der Waals surface area contributed by atoms with Crippen molar-refractivity contribution < 1.29 is 4.79 Å². The monoisotopic (exact) mass is 340 g/mol. The molecule has 1 aromatic carbocycles. The second-order valence-electron chi connectivity index (χ2n) is 7.36. The molecule has 2 amide bonds. The van der Waals surface area contributed by atoms with E-state index < -0.39 is 5.41 Å². The summed E-state index contributed by atoms with van der Waals surface area (Å²) in [5, 5.41) is 12.8. The molecule has 5 heteroatoms. The summed E-state index contributed by atoms with van der Waals surface area (Å²) in [7, 11) is 2.14. The van der Waals surface area contributed by atoms with Crippen molar-refractivity contribution in [3.63, 3.8) is 0 Å². The molecule has 5 nitrogen and oxygen atoms in total. The van der Waals surface area contributed by atoms with Crippen molar-refractivity contribution in [1.29, 1.82) is 5.26 Å². The van der Waals surface area contributed by atoms with Crippen LogP contribution in [0.1, 0.15) is 37.7 Å². The van der Waals surface area contributed by atoms with Gasteiger partial charge < -0.3 is 15.1 Å². The van der Waals surface area contributed by atoms with Crippen LogP contribution in [0.2, 0.25) is 0 Å². The van der Waals surface area contributed by atoms with Gasteiger partial charge in [0, 0.05) is 25.7 Å². The van der Waals surface area contributed by atoms with Crippen LogP contribution in [-0.2, 0) is 5.41 Å². The topological polar surface area (TPSA) is 59.4 Å². The van der Waals surface area contributed by atoms with Crippen molar-refractivity contribution in [3.8, 4) is 6.07 Å². The first-order valence-electron chi connectivity index (χ1n) is 9.34. The Kier molecular flexibility index (Phi) is 5.60. The molecule has 0 aliphatic carbocycles. The van der Waals surface area contributed by atoms with Crippen molar-refractivity contribution >= 4 is 6.03 Å². The van der Waals surface area contributed by atoms with E-state index in [0.717, 1.165) is 18.5 Å². The zero-order valence-corrected chi connectivity index (χ0v) is 15.1. The second-order valence-corrected chi connectivity index (χ2v) is 7.36. The van der Waals surface area contributed by atoms with Gasteiger partial charge in [0.05, 0.1) is 11.5 Å². The Morgan fingerprint density at radius 1 is 1.24 bits per heavy atom. The fourth-order valence-electron chi connectivity index (χ4n) is 4.03. The van der Waals surface area contributed by atoms with Crippen molar-refractivity contribution in [2.24, 2.45) is 0 Å². The van der Waals surface area contributed by atoms with Crippen LogP contribution in [0.4, 0.5) is 4.79 Å². The second kappa shape index (κ2) is 7.88. The number of urea groups is 1. The van der Waals surface area contributed by atoms with E-state index >= 15 is 0 Å². The van der Waals surface area contributed by atoms with Gasteiger partial charge in [-0.05, 0) is 44.8 Å². The van der Waals surface area contributed by atoms with Gasteiger partial charge in [-0.25, -0.2) is 4.79 Å². The molecule has 2 aliphatic rings. The molecular formula is C20H28N4O. The minimum atomic E-state index is -0.457. The number of carbonyl (C=O) groups excluding carboxylic acids is 1. The van der Waals surface area contributed by atoms with Gasteiger partial charge in [0.25, 0.3) is 0 Å². The number of nitrogens with zero attached hydrogens (tertiary/aromatic N) is 3. The number of rotatable bonds is 3. The molecule has 0 unspecified atom stereocenters. The number of piperidine rings is 2. The Hall–Kier alpha value is -2.06. The van der Waals surface area contributed by atoms with E-state index in [-0.39, 0.29) is 6.03 Å². The molecular weight excluding hydrogens is 312 g/mol. The summed E-state index contributed by atoms with van der Waals surface area (Å²) in [4.78, 5) is 16.7. The summed E-state index contributed by atoms with van der Waals surface area (Å²) >= 11 is 0. The quantitative estimate of drug-likeness (QED) is 0.920. The fraction of sp³-hybridized carbons (Fsp3) is 0.600. The normalized spacial score (nSPS) is 23.7. The Balaban J connectivity index is 1.53. The highest BCUT2D eigenvalue weighted by Crippen LogP contribution is 2.34. The Morgan fingerprint density at radius 2 is 1.96 bits per heavy atom. The maximum atomic E-state index is 12.5. The number of likely N-dealkylation sites (N-methyl/N-ethyl adjacent to an activating group) is 1. The average Bonchev–Trinajstić information content (AvgIpc) is 2.68. The van der Waals surface area contributed by atoms with E-state index in [1.807, 2.05) is 35.2 Å². The zero-order valence-electron chi connectivity index (χ0n) is 15.1. The van der Waals surface area contributed by atoms with Crippen LogP contribution in [0.15, 0.2) is 30.3 Å². The molecule has 0 bridgehead atoms. The van der Waals surface area contributed by atoms with Gasteiger partial charge in [0.2, 0.25) is 0 Å². The lowest BCUT2D eigenvalue weighted by Gasteiger charge is -2.38. The highest BCUT2D eigenvalue weighted by molar-refractivity contribution is 5.74. The molecule has 25 heavy (non-hydrogen) atoms. The first kappa shape index (κ1) is 17.8. The molecule has 2 fully saturated rings. The van der Waals surface area contributed by atoms with Crippen LogP contribution in [-0.4, -0.2) is 55.1 Å². The standard InChI is InChI=1S/C20H28N4O/c1-23-12-6-5-9-18(23)15-22-19(25)24-13-10-20(16-21,11-14-24)17-7-3-2-4-8-17/h2-4,7-8,18H,5-6,9-15H2,1H3,(H,22,25)/t18-/m0/s1. The van der Waals surface area contributed by atoms with E-state index in [2.05, 4.69) is 23.3 Å². The SMILES string of the molecule is CN1CCCC[C@H]1CNC(=O)N1CCC(C#N)(c2ccccc2)CC1. The maximum Gasteiger partial charge on any atom is 0.317 e. The third kappa shape index (κ3) is 3.96. The number of amides is 2. The molecule has 0 aromatic heterocycles. The molecule has 1 aromatic rings. The number of nitriles is 1. The van der Waals surface area contributed by atoms with Crippen molar-refractivity contribution in [1.82, 2.24) is 15.1 Å². The van der Waals surface area contributed by atoms with Crippen LogP contribution < -0.4 is 5.32 Å². The Morgan fingerprint density at radius 3 is 2.60 bits per heavy atom. The molecule has 0 radical (unpaired) electrons. The molecule has 3 rings (SSSR count). The fourth-order valence-corrected chi connectivity index (χ4v) is 4.03. The van der Waals surface area contributed by atoms with Crippen LogP contribution in [0, 0.1) is 11.3 Å². The summed E-state index contributed by atoms with van der Waals surface area (Å²) in [5.74, 6) is 0. The van der Waals surface area contributed by atoms with E-state index in [9.17, 15) is 10.1 Å². The first-order chi connectivity index (χ1) is 12.1. The van der Waals surface area contributed by atoms with E-state index in [0.29, 0.717) is 38.5 Å². The Bertz CT molecular complexity index is 616. The van der Waals surface area contributed by atoms with E-state index in [1.54, 1.807) is 0 Å². The largest absolute Gasteiger partial charge is 0.336 e. The predicted octanol–water partition coefficient (Wildman–Crippen LogP) is 2.74. The van der Waals surface area contributed by atoms with Gasteiger partial charge in [0.1, 0.15) is 0 Å². The highest BCUT2D eigenvalue weighted by Gasteiger charge is 2.37. The van der Waals surface area contributed by atoms with Gasteiger partial charge in [-0.2, -0.15) is 5.26 Å². The Labute approximate surface area is 150 Å². The predicted molar refractivity (Wildman–Crippen MR) is 98.2 cm³/mol. The highest BCUT2D eigenvalue weighted by atomic mass is 16.2. The summed E-state index contributed by atoms with van der Waals surface area (Å²) in [6, 6.07) is 13.0. The first-order valence-corrected chi connectivity index (χ1v) is 9.34. The zero-order chi connectivity index (χ0) is 17.7. The van der Waals surface area contributed by atoms with Crippen molar-refractivity contribution in [2.45, 2.75) is 43.6 Å². The van der Waals surface area contributed by atoms with E-state index in [4.69, 9.17) is 0 Å². The van der Waals surface area contributed by atoms with Crippen LogP contribution in [0.5, 0.6) is 0 Å². The van der Waals surface area contributed by atoms with Crippen LogP contribution >= 0.6 is 0 Å². The van der Waals surface area contributed by atoms with E-state index in [1.165, 1.54) is 12.8 Å². The number of hydrogen-bond donors (Lipinski definition) is 1. The number of nitrogens with one attached hydrogen (secondary N) is 1. The van der Waals surface area contributed by atoms with Gasteiger partial charge in [0.15, 0.2) is 0 Å². The van der Waals surface area contributed by atoms with Crippen LogP contribution in [0.25, 0.3) is 0 Å². The number of likely N-dealkylation sites (tertiary alicyclic amines) is 2. The molecule has 0 saturated carbocycles. The number of carbonyl (C=O) groups is 1. The molecule has 2 saturated heterocycles. The maximum absolute atomic E-state index is 12.5. The third-order valence-corrected chi connectivity index (χ3v) is 5.86. The van der Waals surface area contributed by atoms with Crippen LogP contribution in [0.3, 0.4) is 0 Å². The lowest BCUT2D eigenvalue weighted by molar-refractivity contribution is 0.156. The molecule has 1 N–H and O–H groups in total. The summed E-state index contributed by atoms with van der Waals surface area (Å²) < 4.78 is 0. The minimum absolute atomic E-state index is 0.0126. The lowest BCUT2D eigenvalue weighted by Crippen LogP contribution is -2.51. The van der Waals surface area contributed by atoms with Gasteiger partial charge in [-0.15, -0.1) is 0 Å². The summed E-state index contributed by atoms with van der Waals surface area (Å²) in [6.45, 7) is 3.10. The molecule has 134 valence electrons. The number of hydrogen-bond acceptors (Lipinski definition) is 3. The summed E-state index contributed by atoms with van der Waals surface area (Å²) in [6.07, 6.45) is 5.05. The molecule has 2 heterocycles. The molecule has 2 aliphatic heterocycles. The minimum Gasteiger partial charge on any atom is -0.336 e. The average molecular weight is 340 g/mol. The van der Waals surface area contributed by atoms with Gasteiger partial charge in [-0.1, -0.05) is 36.8 Å². The molecule has 0 spiro atoms. The smallest absolute Gasteiger partial charge is 0.317 e. The van der Waals surface area contributed by atoms with Gasteiger partial charge in [-0.3, -0.25) is 0 Å². The molecule has 1 atom stereocenters. The van der Waals surface area contributed by atoms with Crippen molar-refractivity contribution in [3.05, 3.63) is 35.9 Å². The van der Waals surface area contributed by atoms with Gasteiger partial charge >= 0.3 is 6.03 Å².